The molecule has 5 nitrogen and oxygen atoms in total. The van der Waals surface area contributed by atoms with Gasteiger partial charge >= 0.3 is 0 Å². The lowest BCUT2D eigenvalue weighted by Crippen LogP contribution is -2.44. The van der Waals surface area contributed by atoms with Crippen LogP contribution in [0.15, 0.2) is 78.9 Å². The summed E-state index contributed by atoms with van der Waals surface area (Å²) in [5.41, 5.74) is 5.48. The number of carbonyl (C=O) groups is 1. The highest BCUT2D eigenvalue weighted by atomic mass is 32.1. The van der Waals surface area contributed by atoms with Gasteiger partial charge in [-0.15, -0.1) is 0 Å². The molecule has 0 saturated carbocycles. The SMILES string of the molecule is COc1cccc(C2c3[nH]c4ccccc4c3CC3C(=O)N(Cc4ccccc4)C(=S)N32)c1. The number of methoxy groups -OCH3 is 1. The van der Waals surface area contributed by atoms with Crippen molar-refractivity contribution in [3.8, 4) is 5.75 Å². The van der Waals surface area contributed by atoms with E-state index < -0.39 is 0 Å². The highest BCUT2D eigenvalue weighted by Gasteiger charge is 2.50. The highest BCUT2D eigenvalue weighted by Crippen LogP contribution is 2.44. The first kappa shape index (κ1) is 20.0. The van der Waals surface area contributed by atoms with Gasteiger partial charge in [-0.2, -0.15) is 0 Å². The summed E-state index contributed by atoms with van der Waals surface area (Å²) in [7, 11) is 1.67. The molecule has 3 aromatic carbocycles. The Hall–Kier alpha value is -3.64. The molecule has 1 fully saturated rings. The zero-order valence-corrected chi connectivity index (χ0v) is 19.0. The fraction of sp³-hybridized carbons (Fsp3) is 0.185. The summed E-state index contributed by atoms with van der Waals surface area (Å²) >= 11 is 5.95. The average molecular weight is 454 g/mol. The number of benzene rings is 3. The Morgan fingerprint density at radius 2 is 1.82 bits per heavy atom. The third kappa shape index (κ3) is 3.13. The zero-order chi connectivity index (χ0) is 22.5. The van der Waals surface area contributed by atoms with Crippen LogP contribution in [0.2, 0.25) is 0 Å². The molecule has 2 aliphatic rings. The summed E-state index contributed by atoms with van der Waals surface area (Å²) in [5.74, 6) is 0.845. The van der Waals surface area contributed by atoms with Gasteiger partial charge in [-0.1, -0.05) is 60.7 Å². The number of hydrogen-bond donors (Lipinski definition) is 1. The topological polar surface area (TPSA) is 48.6 Å². The van der Waals surface area contributed by atoms with Crippen LogP contribution in [0, 0.1) is 0 Å². The number of carbonyl (C=O) groups excluding carboxylic acids is 1. The average Bonchev–Trinajstić information content (AvgIpc) is 3.34. The maximum atomic E-state index is 13.7. The maximum Gasteiger partial charge on any atom is 0.252 e. The van der Waals surface area contributed by atoms with Gasteiger partial charge < -0.3 is 14.6 Å². The monoisotopic (exact) mass is 453 g/mol. The summed E-state index contributed by atoms with van der Waals surface area (Å²) in [5, 5.41) is 1.74. The lowest BCUT2D eigenvalue weighted by Gasteiger charge is -2.37. The van der Waals surface area contributed by atoms with Gasteiger partial charge in [0.1, 0.15) is 11.8 Å². The number of hydrogen-bond acceptors (Lipinski definition) is 3. The van der Waals surface area contributed by atoms with E-state index in [0.29, 0.717) is 18.1 Å². The zero-order valence-electron chi connectivity index (χ0n) is 18.2. The van der Waals surface area contributed by atoms with Crippen molar-refractivity contribution in [3.05, 3.63) is 101 Å². The molecule has 0 spiro atoms. The lowest BCUT2D eigenvalue weighted by atomic mass is 9.89. The number of para-hydroxylation sites is 1. The number of rotatable bonds is 4. The number of nitrogens with zero attached hydrogens (tertiary/aromatic N) is 2. The number of fused-ring (bicyclic) bond motifs is 4. The van der Waals surface area contributed by atoms with Crippen molar-refractivity contribution in [1.82, 2.24) is 14.8 Å². The van der Waals surface area contributed by atoms with E-state index >= 15 is 0 Å². The first-order valence-corrected chi connectivity index (χ1v) is 11.5. The predicted molar refractivity (Wildman–Crippen MR) is 132 cm³/mol. The molecule has 0 aliphatic carbocycles. The molecule has 6 rings (SSSR count). The van der Waals surface area contributed by atoms with E-state index in [1.54, 1.807) is 12.0 Å². The molecule has 1 N–H and O–H groups in total. The molecule has 1 aromatic heterocycles. The summed E-state index contributed by atoms with van der Waals surface area (Å²) in [6, 6.07) is 25.8. The van der Waals surface area contributed by atoms with Gasteiger partial charge in [-0.05, 0) is 47.1 Å². The Morgan fingerprint density at radius 3 is 2.64 bits per heavy atom. The number of ether oxygens (including phenoxy) is 1. The summed E-state index contributed by atoms with van der Waals surface area (Å²) in [4.78, 5) is 21.2. The van der Waals surface area contributed by atoms with Crippen LogP contribution < -0.4 is 4.74 Å². The predicted octanol–water partition coefficient (Wildman–Crippen LogP) is 4.82. The van der Waals surface area contributed by atoms with Crippen molar-refractivity contribution in [2.75, 3.05) is 7.11 Å². The fourth-order valence-corrected chi connectivity index (χ4v) is 5.59. The molecule has 3 heterocycles. The fourth-order valence-electron chi connectivity index (χ4n) is 5.20. The third-order valence-corrected chi connectivity index (χ3v) is 7.16. The Balaban J connectivity index is 1.49. The molecular formula is C27H23N3O2S. The minimum absolute atomic E-state index is 0.0627. The Morgan fingerprint density at radius 1 is 1.03 bits per heavy atom. The molecule has 33 heavy (non-hydrogen) atoms. The summed E-state index contributed by atoms with van der Waals surface area (Å²) in [6.45, 7) is 0.477. The van der Waals surface area contributed by atoms with E-state index in [9.17, 15) is 4.79 Å². The number of H-pyrrole nitrogens is 1. The van der Waals surface area contributed by atoms with E-state index in [1.165, 1.54) is 10.9 Å². The highest BCUT2D eigenvalue weighted by molar-refractivity contribution is 7.80. The number of amides is 1. The number of nitrogens with one attached hydrogen (secondary N) is 1. The Kier molecular flexibility index (Phi) is 4.69. The van der Waals surface area contributed by atoms with Gasteiger partial charge in [0, 0.05) is 23.0 Å². The Bertz CT molecular complexity index is 1380. The van der Waals surface area contributed by atoms with Crippen LogP contribution in [0.5, 0.6) is 5.75 Å². The van der Waals surface area contributed by atoms with Crippen LogP contribution >= 0.6 is 12.2 Å². The molecule has 4 aromatic rings. The van der Waals surface area contributed by atoms with Crippen LogP contribution in [0.3, 0.4) is 0 Å². The number of aromatic nitrogens is 1. The van der Waals surface area contributed by atoms with Crippen LogP contribution in [0.1, 0.15) is 28.4 Å². The van der Waals surface area contributed by atoms with E-state index in [0.717, 1.165) is 28.1 Å². The first-order valence-electron chi connectivity index (χ1n) is 11.1. The number of thiocarbonyl (C=S) groups is 1. The molecule has 0 bridgehead atoms. The summed E-state index contributed by atoms with van der Waals surface area (Å²) < 4.78 is 5.51. The van der Waals surface area contributed by atoms with Crippen molar-refractivity contribution >= 4 is 34.1 Å². The van der Waals surface area contributed by atoms with Crippen molar-refractivity contribution in [2.45, 2.75) is 25.0 Å². The molecule has 164 valence electrons. The van der Waals surface area contributed by atoms with Crippen molar-refractivity contribution < 1.29 is 9.53 Å². The van der Waals surface area contributed by atoms with Crippen molar-refractivity contribution in [1.29, 1.82) is 0 Å². The second-order valence-electron chi connectivity index (χ2n) is 8.56. The van der Waals surface area contributed by atoms with Gasteiger partial charge in [-0.3, -0.25) is 9.69 Å². The van der Waals surface area contributed by atoms with E-state index in [1.807, 2.05) is 60.7 Å². The molecular weight excluding hydrogens is 430 g/mol. The largest absolute Gasteiger partial charge is 0.497 e. The van der Waals surface area contributed by atoms with E-state index in [4.69, 9.17) is 17.0 Å². The van der Waals surface area contributed by atoms with E-state index in [2.05, 4.69) is 28.1 Å². The first-order chi connectivity index (χ1) is 16.2. The van der Waals surface area contributed by atoms with Crippen molar-refractivity contribution in [3.63, 3.8) is 0 Å². The van der Waals surface area contributed by atoms with Crippen LogP contribution in [0.25, 0.3) is 10.9 Å². The quantitative estimate of drug-likeness (QED) is 0.450. The molecule has 6 heteroatoms. The van der Waals surface area contributed by atoms with Gasteiger partial charge in [0.25, 0.3) is 5.91 Å². The third-order valence-electron chi connectivity index (χ3n) is 6.73. The van der Waals surface area contributed by atoms with Crippen LogP contribution in [-0.2, 0) is 17.8 Å². The smallest absolute Gasteiger partial charge is 0.252 e. The minimum atomic E-state index is -0.330. The molecule has 2 aliphatic heterocycles. The second kappa shape index (κ2) is 7.74. The normalized spacial score (nSPS) is 19.7. The Labute approximate surface area is 197 Å². The summed E-state index contributed by atoms with van der Waals surface area (Å²) in [6.07, 6.45) is 0.629. The van der Waals surface area contributed by atoms with Crippen molar-refractivity contribution in [2.24, 2.45) is 0 Å². The molecule has 2 atom stereocenters. The van der Waals surface area contributed by atoms with Crippen LogP contribution in [-0.4, -0.2) is 39.0 Å². The molecule has 1 saturated heterocycles. The van der Waals surface area contributed by atoms with E-state index in [-0.39, 0.29) is 18.0 Å². The standard InChI is InChI=1S/C27H23N3O2S/c1-32-19-11-7-10-18(14-19)25-24-21(20-12-5-6-13-22(20)28-24)15-23-26(31)29(27(33)30(23)25)16-17-8-3-2-4-9-17/h2-14,23,25,28H,15-16H2,1H3. The van der Waals surface area contributed by atoms with Gasteiger partial charge in [0.15, 0.2) is 5.11 Å². The minimum Gasteiger partial charge on any atom is -0.497 e. The maximum absolute atomic E-state index is 13.7. The molecule has 2 unspecified atom stereocenters. The molecule has 1 amide bonds. The number of aromatic amines is 1. The molecule has 0 radical (unpaired) electrons. The van der Waals surface area contributed by atoms with Gasteiger partial charge in [-0.25, -0.2) is 0 Å². The van der Waals surface area contributed by atoms with Gasteiger partial charge in [0.05, 0.1) is 19.7 Å². The van der Waals surface area contributed by atoms with Crippen LogP contribution in [0.4, 0.5) is 0 Å². The lowest BCUT2D eigenvalue weighted by molar-refractivity contribution is -0.128. The van der Waals surface area contributed by atoms with Gasteiger partial charge in [0.2, 0.25) is 0 Å². The second-order valence-corrected chi connectivity index (χ2v) is 8.93.